The van der Waals surface area contributed by atoms with Gasteiger partial charge in [0.15, 0.2) is 0 Å². The molecule has 0 unspecified atom stereocenters. The van der Waals surface area contributed by atoms with Gasteiger partial charge in [-0.15, -0.1) is 0 Å². The van der Waals surface area contributed by atoms with E-state index >= 15 is 0 Å². The molecule has 3 heterocycles. The first-order valence-electron chi connectivity index (χ1n) is 11.1. The van der Waals surface area contributed by atoms with E-state index in [1.54, 1.807) is 4.57 Å². The SMILES string of the molecule is CCN1c2cc3oc4c(cc3cc2C(C)=CC1(C)C)c(=O)n(C)c1cc(=[N+](C)C)ccc41. The molecule has 2 aromatic heterocycles. The summed E-state index contributed by atoms with van der Waals surface area (Å²) in [6.45, 7) is 9.72. The van der Waals surface area contributed by atoms with Crippen molar-refractivity contribution in [3.8, 4) is 0 Å². The van der Waals surface area contributed by atoms with Crippen LogP contribution in [-0.4, -0.2) is 30.7 Å². The van der Waals surface area contributed by atoms with Gasteiger partial charge in [-0.25, -0.2) is 4.58 Å². The normalized spacial score (nSPS) is 15.3. The van der Waals surface area contributed by atoms with E-state index in [2.05, 4.69) is 62.9 Å². The molecule has 0 radical (unpaired) electrons. The molecule has 0 spiro atoms. The van der Waals surface area contributed by atoms with E-state index in [9.17, 15) is 4.79 Å². The monoisotopic (exact) mass is 428 g/mol. The van der Waals surface area contributed by atoms with E-state index in [0.29, 0.717) is 11.0 Å². The Morgan fingerprint density at radius 2 is 1.81 bits per heavy atom. The summed E-state index contributed by atoms with van der Waals surface area (Å²) in [5.41, 5.74) is 5.82. The molecular weight excluding hydrogens is 398 g/mol. The van der Waals surface area contributed by atoms with Crippen molar-refractivity contribution >= 4 is 44.1 Å². The average molecular weight is 429 g/mol. The summed E-state index contributed by atoms with van der Waals surface area (Å²) in [6.07, 6.45) is 2.32. The smallest absolute Gasteiger partial charge is 0.261 e. The maximum atomic E-state index is 13.3. The summed E-state index contributed by atoms with van der Waals surface area (Å²) in [4.78, 5) is 15.7. The zero-order valence-electron chi connectivity index (χ0n) is 19.9. The van der Waals surface area contributed by atoms with Gasteiger partial charge in [0, 0.05) is 53.8 Å². The van der Waals surface area contributed by atoms with Crippen molar-refractivity contribution in [2.24, 2.45) is 7.05 Å². The molecule has 4 aromatic rings. The number of likely N-dealkylation sites (N-methyl/N-ethyl adjacent to an activating group) is 1. The predicted octanol–water partition coefficient (Wildman–Crippen LogP) is 4.49. The maximum absolute atomic E-state index is 13.3. The lowest BCUT2D eigenvalue weighted by Crippen LogP contribution is -2.44. The number of aryl methyl sites for hydroxylation is 1. The highest BCUT2D eigenvalue weighted by Gasteiger charge is 2.30. The molecule has 5 nitrogen and oxygen atoms in total. The molecule has 0 fully saturated rings. The molecule has 1 aliphatic heterocycles. The van der Waals surface area contributed by atoms with E-state index in [1.165, 1.54) is 16.8 Å². The number of allylic oxidation sites excluding steroid dienone is 1. The first-order valence-corrected chi connectivity index (χ1v) is 11.1. The van der Waals surface area contributed by atoms with Crippen molar-refractivity contribution in [3.05, 3.63) is 63.7 Å². The zero-order valence-corrected chi connectivity index (χ0v) is 19.9. The van der Waals surface area contributed by atoms with Crippen LogP contribution in [0.5, 0.6) is 0 Å². The van der Waals surface area contributed by atoms with Gasteiger partial charge in [-0.1, -0.05) is 6.08 Å². The van der Waals surface area contributed by atoms with Crippen LogP contribution in [0.2, 0.25) is 0 Å². The molecule has 164 valence electrons. The van der Waals surface area contributed by atoms with Crippen LogP contribution in [0.4, 0.5) is 5.69 Å². The highest BCUT2D eigenvalue weighted by molar-refractivity contribution is 6.05. The molecule has 1 aliphatic rings. The van der Waals surface area contributed by atoms with Crippen LogP contribution in [0.1, 0.15) is 33.3 Å². The third-order valence-electron chi connectivity index (χ3n) is 6.82. The summed E-state index contributed by atoms with van der Waals surface area (Å²) in [5, 5.41) is 3.54. The average Bonchev–Trinajstić information content (AvgIpc) is 2.74. The minimum absolute atomic E-state index is 0.0460. The zero-order chi connectivity index (χ0) is 22.9. The fraction of sp³-hybridized carbons (Fsp3) is 0.333. The predicted molar refractivity (Wildman–Crippen MR) is 134 cm³/mol. The number of hydrogen-bond donors (Lipinski definition) is 0. The molecule has 0 atom stereocenters. The molecule has 5 heteroatoms. The van der Waals surface area contributed by atoms with Gasteiger partial charge in [0.2, 0.25) is 5.36 Å². The van der Waals surface area contributed by atoms with Crippen LogP contribution in [-0.2, 0) is 7.05 Å². The van der Waals surface area contributed by atoms with Gasteiger partial charge in [-0.2, -0.15) is 0 Å². The summed E-state index contributed by atoms with van der Waals surface area (Å²) in [5.74, 6) is 0. The molecule has 0 bridgehead atoms. The van der Waals surface area contributed by atoms with E-state index < -0.39 is 0 Å². The highest BCUT2D eigenvalue weighted by atomic mass is 16.3. The standard InChI is InChI=1S/C27H30N3O2/c1-8-30-23-14-24-17(11-20(23)16(2)15-27(30,3)4)12-21-25(32-24)19-10-9-18(28(5)6)13-22(19)29(7)26(21)31/h9-15H,8H2,1-7H3/q+1. The lowest BCUT2D eigenvalue weighted by Gasteiger charge is -2.42. The molecule has 5 rings (SSSR count). The summed E-state index contributed by atoms with van der Waals surface area (Å²) in [6, 6.07) is 12.4. The third kappa shape index (κ3) is 2.84. The second-order valence-electron chi connectivity index (χ2n) is 9.58. The molecule has 0 aliphatic carbocycles. The first-order chi connectivity index (χ1) is 15.1. The van der Waals surface area contributed by atoms with E-state index in [1.807, 2.05) is 37.9 Å². The Balaban J connectivity index is 1.91. The fourth-order valence-electron chi connectivity index (χ4n) is 5.20. The molecule has 32 heavy (non-hydrogen) atoms. The second kappa shape index (κ2) is 6.83. The van der Waals surface area contributed by atoms with Gasteiger partial charge in [-0.3, -0.25) is 4.79 Å². The number of nitrogens with zero attached hydrogens (tertiary/aromatic N) is 3. The van der Waals surface area contributed by atoms with Crippen molar-refractivity contribution in [3.63, 3.8) is 0 Å². The third-order valence-corrected chi connectivity index (χ3v) is 6.82. The number of hydrogen-bond acceptors (Lipinski definition) is 3. The molecule has 0 saturated carbocycles. The van der Waals surface area contributed by atoms with Gasteiger partial charge in [-0.05, 0) is 51.5 Å². The molecule has 0 saturated heterocycles. The number of pyridine rings is 1. The lowest BCUT2D eigenvalue weighted by atomic mass is 9.88. The Morgan fingerprint density at radius 3 is 2.50 bits per heavy atom. The van der Waals surface area contributed by atoms with Crippen LogP contribution in [0.15, 0.2) is 51.7 Å². The van der Waals surface area contributed by atoms with Crippen molar-refractivity contribution in [1.29, 1.82) is 0 Å². The Hall–Kier alpha value is -3.34. The van der Waals surface area contributed by atoms with Crippen LogP contribution < -0.4 is 20.4 Å². The van der Waals surface area contributed by atoms with Crippen LogP contribution >= 0.6 is 0 Å². The number of fused-ring (bicyclic) bond motifs is 5. The van der Waals surface area contributed by atoms with Gasteiger partial charge < -0.3 is 13.9 Å². The lowest BCUT2D eigenvalue weighted by molar-refractivity contribution is 0.566. The van der Waals surface area contributed by atoms with Crippen molar-refractivity contribution < 1.29 is 4.42 Å². The van der Waals surface area contributed by atoms with Crippen molar-refractivity contribution in [2.45, 2.75) is 33.2 Å². The number of rotatable bonds is 1. The van der Waals surface area contributed by atoms with Crippen LogP contribution in [0.25, 0.3) is 38.4 Å². The molecule has 2 aromatic carbocycles. The Labute approximate surface area is 187 Å². The van der Waals surface area contributed by atoms with Gasteiger partial charge in [0.25, 0.3) is 5.56 Å². The van der Waals surface area contributed by atoms with E-state index in [-0.39, 0.29) is 11.1 Å². The molecule has 0 N–H and O–H groups in total. The summed E-state index contributed by atoms with van der Waals surface area (Å²) in [7, 11) is 5.83. The summed E-state index contributed by atoms with van der Waals surface area (Å²) < 4.78 is 10.2. The van der Waals surface area contributed by atoms with Crippen LogP contribution in [0.3, 0.4) is 0 Å². The minimum atomic E-state index is -0.0679. The van der Waals surface area contributed by atoms with Gasteiger partial charge >= 0.3 is 0 Å². The molecule has 0 amide bonds. The number of benzene rings is 2. The quantitative estimate of drug-likeness (QED) is 0.255. The van der Waals surface area contributed by atoms with E-state index in [0.717, 1.165) is 33.8 Å². The Bertz CT molecular complexity index is 1600. The fourth-order valence-corrected chi connectivity index (χ4v) is 5.20. The topological polar surface area (TPSA) is 41.4 Å². The largest absolute Gasteiger partial charge is 0.455 e. The number of aromatic nitrogens is 1. The highest BCUT2D eigenvalue weighted by Crippen LogP contribution is 2.41. The van der Waals surface area contributed by atoms with Gasteiger partial charge in [0.1, 0.15) is 25.3 Å². The molecular formula is C27H30N3O2+. The second-order valence-corrected chi connectivity index (χ2v) is 9.58. The Kier molecular flexibility index (Phi) is 4.39. The summed E-state index contributed by atoms with van der Waals surface area (Å²) >= 11 is 0. The first kappa shape index (κ1) is 20.6. The van der Waals surface area contributed by atoms with Crippen molar-refractivity contribution in [2.75, 3.05) is 25.5 Å². The van der Waals surface area contributed by atoms with E-state index in [4.69, 9.17) is 4.42 Å². The minimum Gasteiger partial charge on any atom is -0.455 e. The maximum Gasteiger partial charge on any atom is 0.261 e. The van der Waals surface area contributed by atoms with Gasteiger partial charge in [0.05, 0.1) is 16.4 Å². The van der Waals surface area contributed by atoms with Crippen LogP contribution in [0, 0.1) is 0 Å². The number of anilines is 1. The Morgan fingerprint density at radius 1 is 1.06 bits per heavy atom. The van der Waals surface area contributed by atoms with Crippen molar-refractivity contribution in [1.82, 2.24) is 9.14 Å².